The quantitative estimate of drug-likeness (QED) is 0.942. The number of para-hydroxylation sites is 1. The monoisotopic (exact) mass is 305 g/mol. The minimum Gasteiger partial charge on any atom is -0.490 e. The smallest absolute Gasteiger partial charge is 0.161 e. The van der Waals surface area contributed by atoms with Gasteiger partial charge < -0.3 is 19.9 Å². The first-order valence-corrected chi connectivity index (χ1v) is 7.14. The van der Waals surface area contributed by atoms with Gasteiger partial charge in [-0.2, -0.15) is 0 Å². The summed E-state index contributed by atoms with van der Waals surface area (Å²) in [4.78, 5) is 0. The molecule has 0 spiro atoms. The molecule has 110 valence electrons. The van der Waals surface area contributed by atoms with Crippen molar-refractivity contribution >= 4 is 11.6 Å². The molecule has 0 aliphatic carbocycles. The lowest BCUT2D eigenvalue weighted by atomic mass is 10.1. The predicted molar refractivity (Wildman–Crippen MR) is 81.3 cm³/mol. The van der Waals surface area contributed by atoms with Crippen molar-refractivity contribution in [3.8, 4) is 17.2 Å². The average Bonchev–Trinajstić information content (AvgIpc) is 2.53. The van der Waals surface area contributed by atoms with E-state index in [1.165, 1.54) is 0 Å². The maximum Gasteiger partial charge on any atom is 0.161 e. The molecule has 4 nitrogen and oxygen atoms in total. The highest BCUT2D eigenvalue weighted by molar-refractivity contribution is 6.32. The van der Waals surface area contributed by atoms with E-state index in [-0.39, 0.29) is 6.04 Å². The molecule has 0 aromatic heterocycles. The standard InChI is InChI=1S/C16H16ClNO3/c17-12-3-1-2-4-14(12)21-10-13(18)11-5-6-15-16(9-11)20-8-7-19-15/h1-6,9,13H,7-8,10,18H2. The van der Waals surface area contributed by atoms with Crippen molar-refractivity contribution in [2.24, 2.45) is 5.73 Å². The lowest BCUT2D eigenvalue weighted by molar-refractivity contribution is 0.171. The lowest BCUT2D eigenvalue weighted by Crippen LogP contribution is -2.20. The van der Waals surface area contributed by atoms with Crippen molar-refractivity contribution in [1.82, 2.24) is 0 Å². The molecule has 0 fully saturated rings. The summed E-state index contributed by atoms with van der Waals surface area (Å²) in [6.07, 6.45) is 0. The van der Waals surface area contributed by atoms with E-state index in [0.717, 1.165) is 17.1 Å². The number of benzene rings is 2. The third-order valence-corrected chi connectivity index (χ3v) is 3.56. The number of hydrogen-bond donors (Lipinski definition) is 1. The Morgan fingerprint density at radius 3 is 2.67 bits per heavy atom. The van der Waals surface area contributed by atoms with E-state index in [9.17, 15) is 0 Å². The van der Waals surface area contributed by atoms with E-state index in [4.69, 9.17) is 31.5 Å². The van der Waals surface area contributed by atoms with Crippen molar-refractivity contribution in [3.63, 3.8) is 0 Å². The summed E-state index contributed by atoms with van der Waals surface area (Å²) in [5.41, 5.74) is 7.10. The summed E-state index contributed by atoms with van der Waals surface area (Å²) in [6.45, 7) is 1.47. The van der Waals surface area contributed by atoms with E-state index in [1.54, 1.807) is 6.07 Å². The predicted octanol–water partition coefficient (Wildman–Crippen LogP) is 3.19. The molecule has 2 aromatic rings. The maximum atomic E-state index is 6.16. The molecule has 1 heterocycles. The lowest BCUT2D eigenvalue weighted by Gasteiger charge is -2.20. The van der Waals surface area contributed by atoms with Crippen LogP contribution >= 0.6 is 11.6 Å². The molecule has 1 aliphatic heterocycles. The summed E-state index contributed by atoms with van der Waals surface area (Å²) >= 11 is 6.05. The summed E-state index contributed by atoms with van der Waals surface area (Å²) in [5.74, 6) is 2.11. The summed E-state index contributed by atoms with van der Waals surface area (Å²) < 4.78 is 16.7. The van der Waals surface area contributed by atoms with E-state index >= 15 is 0 Å². The summed E-state index contributed by atoms with van der Waals surface area (Å²) in [6, 6.07) is 12.8. The summed E-state index contributed by atoms with van der Waals surface area (Å²) in [5, 5.41) is 0.576. The van der Waals surface area contributed by atoms with Gasteiger partial charge in [0.25, 0.3) is 0 Å². The number of fused-ring (bicyclic) bond motifs is 1. The van der Waals surface area contributed by atoms with Crippen LogP contribution in [0.4, 0.5) is 0 Å². The van der Waals surface area contributed by atoms with E-state index in [0.29, 0.717) is 30.6 Å². The van der Waals surface area contributed by atoms with E-state index in [1.807, 2.05) is 36.4 Å². The van der Waals surface area contributed by atoms with Crippen LogP contribution < -0.4 is 19.9 Å². The van der Waals surface area contributed by atoms with E-state index < -0.39 is 0 Å². The first-order valence-electron chi connectivity index (χ1n) is 6.76. The topological polar surface area (TPSA) is 53.7 Å². The molecule has 1 unspecified atom stereocenters. The van der Waals surface area contributed by atoms with Gasteiger partial charge in [-0.05, 0) is 29.8 Å². The Hall–Kier alpha value is -1.91. The van der Waals surface area contributed by atoms with Crippen LogP contribution in [0.2, 0.25) is 5.02 Å². The fraction of sp³-hybridized carbons (Fsp3) is 0.250. The van der Waals surface area contributed by atoms with Gasteiger partial charge in [-0.3, -0.25) is 0 Å². The van der Waals surface area contributed by atoms with Gasteiger partial charge in [-0.25, -0.2) is 0 Å². The molecule has 0 saturated carbocycles. The molecule has 5 heteroatoms. The molecule has 2 aromatic carbocycles. The Balaban J connectivity index is 1.68. The van der Waals surface area contributed by atoms with Crippen LogP contribution in [0.25, 0.3) is 0 Å². The normalized spacial score (nSPS) is 14.6. The Morgan fingerprint density at radius 2 is 1.86 bits per heavy atom. The molecular weight excluding hydrogens is 290 g/mol. The zero-order valence-corrected chi connectivity index (χ0v) is 12.2. The van der Waals surface area contributed by atoms with Gasteiger partial charge in [0.2, 0.25) is 0 Å². The number of hydrogen-bond acceptors (Lipinski definition) is 4. The molecule has 21 heavy (non-hydrogen) atoms. The maximum absolute atomic E-state index is 6.16. The van der Waals surface area contributed by atoms with Crippen LogP contribution in [0, 0.1) is 0 Å². The van der Waals surface area contributed by atoms with Crippen molar-refractivity contribution in [2.45, 2.75) is 6.04 Å². The van der Waals surface area contributed by atoms with Crippen LogP contribution in [0.1, 0.15) is 11.6 Å². The van der Waals surface area contributed by atoms with Crippen molar-refractivity contribution in [2.75, 3.05) is 19.8 Å². The fourth-order valence-corrected chi connectivity index (χ4v) is 2.32. The Bertz CT molecular complexity index is 633. The van der Waals surface area contributed by atoms with Crippen LogP contribution in [0.15, 0.2) is 42.5 Å². The fourth-order valence-electron chi connectivity index (χ4n) is 2.13. The highest BCUT2D eigenvalue weighted by Gasteiger charge is 2.15. The van der Waals surface area contributed by atoms with Crippen molar-refractivity contribution < 1.29 is 14.2 Å². The number of nitrogens with two attached hydrogens (primary N) is 1. The largest absolute Gasteiger partial charge is 0.490 e. The number of halogens is 1. The zero-order valence-electron chi connectivity index (χ0n) is 11.4. The molecule has 0 bridgehead atoms. The highest BCUT2D eigenvalue weighted by atomic mass is 35.5. The van der Waals surface area contributed by atoms with Crippen LogP contribution in [-0.2, 0) is 0 Å². The van der Waals surface area contributed by atoms with Crippen LogP contribution in [-0.4, -0.2) is 19.8 Å². The molecule has 0 radical (unpaired) electrons. The Morgan fingerprint density at radius 1 is 1.10 bits per heavy atom. The van der Waals surface area contributed by atoms with Gasteiger partial charge in [0.1, 0.15) is 25.6 Å². The molecule has 0 amide bonds. The minimum atomic E-state index is -0.267. The first-order chi connectivity index (χ1) is 10.2. The van der Waals surface area contributed by atoms with E-state index in [2.05, 4.69) is 0 Å². The molecule has 3 rings (SSSR count). The molecule has 1 atom stereocenters. The first kappa shape index (κ1) is 14.0. The third kappa shape index (κ3) is 3.23. The number of rotatable bonds is 4. The molecule has 1 aliphatic rings. The Kier molecular flexibility index (Phi) is 4.18. The number of ether oxygens (including phenoxy) is 3. The average molecular weight is 306 g/mol. The minimum absolute atomic E-state index is 0.267. The van der Waals surface area contributed by atoms with Crippen molar-refractivity contribution in [1.29, 1.82) is 0 Å². The second kappa shape index (κ2) is 6.24. The summed E-state index contributed by atoms with van der Waals surface area (Å²) in [7, 11) is 0. The van der Waals surface area contributed by atoms with Gasteiger partial charge in [-0.15, -0.1) is 0 Å². The van der Waals surface area contributed by atoms with Crippen LogP contribution in [0.3, 0.4) is 0 Å². The van der Waals surface area contributed by atoms with Gasteiger partial charge in [0, 0.05) is 0 Å². The molecule has 0 saturated heterocycles. The van der Waals surface area contributed by atoms with Crippen molar-refractivity contribution in [3.05, 3.63) is 53.1 Å². The van der Waals surface area contributed by atoms with Gasteiger partial charge in [0.15, 0.2) is 11.5 Å². The Labute approximate surface area is 128 Å². The van der Waals surface area contributed by atoms with Gasteiger partial charge in [-0.1, -0.05) is 29.8 Å². The zero-order chi connectivity index (χ0) is 14.7. The third-order valence-electron chi connectivity index (χ3n) is 3.25. The molecular formula is C16H16ClNO3. The molecule has 2 N–H and O–H groups in total. The van der Waals surface area contributed by atoms with Gasteiger partial charge >= 0.3 is 0 Å². The second-order valence-corrected chi connectivity index (χ2v) is 5.16. The second-order valence-electron chi connectivity index (χ2n) is 4.75. The van der Waals surface area contributed by atoms with Crippen LogP contribution in [0.5, 0.6) is 17.2 Å². The highest BCUT2D eigenvalue weighted by Crippen LogP contribution is 2.32. The SMILES string of the molecule is NC(COc1ccccc1Cl)c1ccc2c(c1)OCCO2. The van der Waals surface area contributed by atoms with Gasteiger partial charge in [0.05, 0.1) is 11.1 Å².